The molecule has 2 fully saturated rings. The van der Waals surface area contributed by atoms with Crippen molar-refractivity contribution >= 4 is 29.9 Å². The first-order valence-corrected chi connectivity index (χ1v) is 10.2. The van der Waals surface area contributed by atoms with Crippen LogP contribution in [0.1, 0.15) is 30.4 Å². The van der Waals surface area contributed by atoms with Crippen LogP contribution in [0.2, 0.25) is 0 Å². The summed E-state index contributed by atoms with van der Waals surface area (Å²) in [5, 5.41) is 6.81. The van der Waals surface area contributed by atoms with E-state index in [4.69, 9.17) is 9.47 Å². The van der Waals surface area contributed by atoms with Crippen molar-refractivity contribution in [3.63, 3.8) is 0 Å². The lowest BCUT2D eigenvalue weighted by molar-refractivity contribution is 0.0341. The van der Waals surface area contributed by atoms with Crippen LogP contribution in [0, 0.1) is 5.92 Å². The Morgan fingerprint density at radius 2 is 1.93 bits per heavy atom. The van der Waals surface area contributed by atoms with E-state index >= 15 is 0 Å². The van der Waals surface area contributed by atoms with E-state index in [1.165, 1.54) is 24.0 Å². The van der Waals surface area contributed by atoms with Crippen molar-refractivity contribution in [2.75, 3.05) is 53.1 Å². The Bertz CT molecular complexity index is 590. The van der Waals surface area contributed by atoms with E-state index in [9.17, 15) is 0 Å². The van der Waals surface area contributed by atoms with Gasteiger partial charge in [0, 0.05) is 53.0 Å². The van der Waals surface area contributed by atoms with Gasteiger partial charge < -0.3 is 20.1 Å². The number of hydrogen-bond donors (Lipinski definition) is 2. The third-order valence-corrected chi connectivity index (χ3v) is 5.09. The summed E-state index contributed by atoms with van der Waals surface area (Å²) in [7, 11) is 1.82. The standard InChI is InChI=1S/C21H34N4O2.HI/c1-22-21(23-9-4-12-27-17-18-7-8-18)24-15-19-5-2-3-6-20(19)16-25-10-13-26-14-11-25;/h2-3,5-6,18H,4,7-17H2,1H3,(H2,22,23,24);1H. The molecule has 6 nitrogen and oxygen atoms in total. The molecule has 0 spiro atoms. The van der Waals surface area contributed by atoms with Crippen LogP contribution >= 0.6 is 24.0 Å². The van der Waals surface area contributed by atoms with Gasteiger partial charge in [-0.25, -0.2) is 0 Å². The molecule has 1 saturated carbocycles. The maximum absolute atomic E-state index is 5.68. The number of nitrogens with zero attached hydrogens (tertiary/aromatic N) is 2. The molecular weight excluding hydrogens is 467 g/mol. The molecule has 1 aliphatic heterocycles. The summed E-state index contributed by atoms with van der Waals surface area (Å²) >= 11 is 0. The van der Waals surface area contributed by atoms with E-state index in [-0.39, 0.29) is 24.0 Å². The summed E-state index contributed by atoms with van der Waals surface area (Å²) in [5.41, 5.74) is 2.69. The molecule has 1 aromatic rings. The topological polar surface area (TPSA) is 58.1 Å². The van der Waals surface area contributed by atoms with Gasteiger partial charge in [0.1, 0.15) is 0 Å². The molecule has 7 heteroatoms. The molecule has 1 aliphatic carbocycles. The summed E-state index contributed by atoms with van der Waals surface area (Å²) < 4.78 is 11.1. The van der Waals surface area contributed by atoms with Crippen molar-refractivity contribution in [3.05, 3.63) is 35.4 Å². The maximum atomic E-state index is 5.68. The van der Waals surface area contributed by atoms with E-state index in [0.29, 0.717) is 0 Å². The highest BCUT2D eigenvalue weighted by molar-refractivity contribution is 14.0. The predicted octanol–water partition coefficient (Wildman–Crippen LogP) is 2.62. The van der Waals surface area contributed by atoms with Crippen LogP contribution in [0.15, 0.2) is 29.3 Å². The van der Waals surface area contributed by atoms with E-state index in [1.807, 2.05) is 7.05 Å². The van der Waals surface area contributed by atoms with E-state index in [2.05, 4.69) is 44.8 Å². The number of benzene rings is 1. The Balaban J connectivity index is 0.00000280. The number of hydrogen-bond acceptors (Lipinski definition) is 4. The fraction of sp³-hybridized carbons (Fsp3) is 0.667. The van der Waals surface area contributed by atoms with Gasteiger partial charge in [-0.05, 0) is 36.3 Å². The summed E-state index contributed by atoms with van der Waals surface area (Å²) in [6.45, 7) is 8.07. The number of ether oxygens (including phenoxy) is 2. The molecule has 3 rings (SSSR count). The largest absolute Gasteiger partial charge is 0.381 e. The first-order chi connectivity index (χ1) is 13.3. The number of rotatable bonds is 10. The summed E-state index contributed by atoms with van der Waals surface area (Å²) in [6, 6.07) is 8.64. The van der Waals surface area contributed by atoms with Gasteiger partial charge in [-0.3, -0.25) is 9.89 Å². The molecule has 0 amide bonds. The number of aliphatic imine (C=N–C) groups is 1. The second-order valence-electron chi connectivity index (χ2n) is 7.38. The zero-order chi connectivity index (χ0) is 18.7. The molecule has 2 aliphatic rings. The monoisotopic (exact) mass is 502 g/mol. The zero-order valence-electron chi connectivity index (χ0n) is 17.0. The van der Waals surface area contributed by atoms with Crippen LogP contribution in [0.3, 0.4) is 0 Å². The molecule has 0 atom stereocenters. The smallest absolute Gasteiger partial charge is 0.191 e. The first kappa shape index (κ1) is 23.4. The Labute approximate surface area is 186 Å². The number of nitrogens with one attached hydrogen (secondary N) is 2. The van der Waals surface area contributed by atoms with Gasteiger partial charge in [0.05, 0.1) is 13.2 Å². The third kappa shape index (κ3) is 8.63. The second-order valence-corrected chi connectivity index (χ2v) is 7.38. The minimum atomic E-state index is 0. The van der Waals surface area contributed by atoms with Crippen LogP contribution in [-0.4, -0.2) is 64.0 Å². The first-order valence-electron chi connectivity index (χ1n) is 10.2. The molecule has 2 N–H and O–H groups in total. The lowest BCUT2D eigenvalue weighted by atomic mass is 10.1. The third-order valence-electron chi connectivity index (χ3n) is 5.09. The molecule has 28 heavy (non-hydrogen) atoms. The van der Waals surface area contributed by atoms with Crippen molar-refractivity contribution in [3.8, 4) is 0 Å². The van der Waals surface area contributed by atoms with E-state index in [1.54, 1.807) is 0 Å². The van der Waals surface area contributed by atoms with Crippen LogP contribution in [0.25, 0.3) is 0 Å². The lowest BCUT2D eigenvalue weighted by Crippen LogP contribution is -2.38. The lowest BCUT2D eigenvalue weighted by Gasteiger charge is -2.27. The molecule has 1 aromatic carbocycles. The summed E-state index contributed by atoms with van der Waals surface area (Å²) in [5.74, 6) is 1.68. The van der Waals surface area contributed by atoms with Crippen LogP contribution in [0.5, 0.6) is 0 Å². The minimum Gasteiger partial charge on any atom is -0.381 e. The quantitative estimate of drug-likeness (QED) is 0.223. The zero-order valence-corrected chi connectivity index (χ0v) is 19.3. The molecule has 1 saturated heterocycles. The van der Waals surface area contributed by atoms with Crippen molar-refractivity contribution in [2.24, 2.45) is 10.9 Å². The van der Waals surface area contributed by atoms with E-state index in [0.717, 1.165) is 77.4 Å². The van der Waals surface area contributed by atoms with Gasteiger partial charge in [-0.15, -0.1) is 24.0 Å². The molecule has 1 heterocycles. The van der Waals surface area contributed by atoms with Gasteiger partial charge in [0.2, 0.25) is 0 Å². The highest BCUT2D eigenvalue weighted by Gasteiger charge is 2.20. The van der Waals surface area contributed by atoms with Gasteiger partial charge >= 0.3 is 0 Å². The number of guanidine groups is 1. The summed E-state index contributed by atoms with van der Waals surface area (Å²) in [4.78, 5) is 6.79. The van der Waals surface area contributed by atoms with Gasteiger partial charge in [-0.2, -0.15) is 0 Å². The maximum Gasteiger partial charge on any atom is 0.191 e. The number of halogens is 1. The second kappa shape index (κ2) is 13.3. The molecular formula is C21H35IN4O2. The molecule has 0 bridgehead atoms. The fourth-order valence-corrected chi connectivity index (χ4v) is 3.20. The fourth-order valence-electron chi connectivity index (χ4n) is 3.20. The van der Waals surface area contributed by atoms with Gasteiger partial charge in [-0.1, -0.05) is 24.3 Å². The van der Waals surface area contributed by atoms with Crippen molar-refractivity contribution in [2.45, 2.75) is 32.4 Å². The average molecular weight is 502 g/mol. The summed E-state index contributed by atoms with van der Waals surface area (Å²) in [6.07, 6.45) is 3.70. The molecule has 158 valence electrons. The van der Waals surface area contributed by atoms with Crippen LogP contribution in [-0.2, 0) is 22.6 Å². The minimum absolute atomic E-state index is 0. The van der Waals surface area contributed by atoms with Crippen LogP contribution < -0.4 is 10.6 Å². The average Bonchev–Trinajstić information content (AvgIpc) is 3.53. The molecule has 0 aromatic heterocycles. The molecule has 0 radical (unpaired) electrons. The Kier molecular flexibility index (Phi) is 11.1. The van der Waals surface area contributed by atoms with Crippen LogP contribution in [0.4, 0.5) is 0 Å². The Morgan fingerprint density at radius 1 is 1.18 bits per heavy atom. The normalized spacial score (nSPS) is 17.8. The highest BCUT2D eigenvalue weighted by atomic mass is 127. The van der Waals surface area contributed by atoms with Crippen molar-refractivity contribution < 1.29 is 9.47 Å². The predicted molar refractivity (Wildman–Crippen MR) is 124 cm³/mol. The van der Waals surface area contributed by atoms with Gasteiger partial charge in [0.25, 0.3) is 0 Å². The van der Waals surface area contributed by atoms with Gasteiger partial charge in [0.15, 0.2) is 5.96 Å². The SMILES string of the molecule is CN=C(NCCCOCC1CC1)NCc1ccccc1CN1CCOCC1.I. The molecule has 0 unspecified atom stereocenters. The van der Waals surface area contributed by atoms with Crippen molar-refractivity contribution in [1.82, 2.24) is 15.5 Å². The Hall–Kier alpha value is -0.900. The van der Waals surface area contributed by atoms with E-state index < -0.39 is 0 Å². The highest BCUT2D eigenvalue weighted by Crippen LogP contribution is 2.28. The number of morpholine rings is 1. The van der Waals surface area contributed by atoms with Crippen molar-refractivity contribution in [1.29, 1.82) is 0 Å². The Morgan fingerprint density at radius 3 is 2.64 bits per heavy atom.